The number of carboxylic acids is 1. The van der Waals surface area contributed by atoms with Gasteiger partial charge >= 0.3 is 0 Å². The van der Waals surface area contributed by atoms with Crippen molar-refractivity contribution < 1.29 is 24.2 Å². The summed E-state index contributed by atoms with van der Waals surface area (Å²) in [6, 6.07) is 25.3. The minimum absolute atomic E-state index is 0.0178. The Bertz CT molecular complexity index is 1430. The number of ether oxygens (including phenoxy) is 2. The summed E-state index contributed by atoms with van der Waals surface area (Å²) in [4.78, 5) is 26.4. The van der Waals surface area contributed by atoms with E-state index < -0.39 is 12.0 Å². The molecule has 0 saturated heterocycles. The lowest BCUT2D eigenvalue weighted by molar-refractivity contribution is -0.134. The molecule has 0 radical (unpaired) electrons. The fraction of sp³-hybridized carbons (Fsp3) is 0.161. The summed E-state index contributed by atoms with van der Waals surface area (Å²) >= 11 is 0. The molecule has 1 unspecified atom stereocenters. The molecule has 10 nitrogen and oxygen atoms in total. The van der Waals surface area contributed by atoms with Crippen LogP contribution in [0.5, 0.6) is 11.5 Å². The second kappa shape index (κ2) is 15.3. The van der Waals surface area contributed by atoms with Gasteiger partial charge in [0.15, 0.2) is 11.5 Å². The molecule has 4 aromatic rings. The van der Waals surface area contributed by atoms with Crippen molar-refractivity contribution in [3.05, 3.63) is 120 Å². The molecule has 0 spiro atoms. The SMILES string of the molecule is CC(=O)O.COc1cc(C(Nc2ccc(C(=N)N)cc2)C(=O)NCc2ccccc2)ccc1OCc1ccncc1. The highest BCUT2D eigenvalue weighted by Crippen LogP contribution is 2.32. The Kier molecular flexibility index (Phi) is 11.2. The van der Waals surface area contributed by atoms with Crippen molar-refractivity contribution in [2.24, 2.45) is 5.73 Å². The van der Waals surface area contributed by atoms with Crippen molar-refractivity contribution in [1.29, 1.82) is 5.41 Å². The minimum Gasteiger partial charge on any atom is -0.493 e. The van der Waals surface area contributed by atoms with E-state index in [1.54, 1.807) is 55.9 Å². The van der Waals surface area contributed by atoms with Crippen molar-refractivity contribution in [2.75, 3.05) is 12.4 Å². The number of nitrogens with two attached hydrogens (primary N) is 1. The molecular weight excluding hydrogens is 522 g/mol. The van der Waals surface area contributed by atoms with Crippen LogP contribution in [0.15, 0.2) is 97.3 Å². The third-order valence-electron chi connectivity index (χ3n) is 5.74. The molecule has 3 aromatic carbocycles. The molecule has 0 saturated carbocycles. The first-order chi connectivity index (χ1) is 19.8. The number of methoxy groups -OCH3 is 1. The van der Waals surface area contributed by atoms with Crippen LogP contribution >= 0.6 is 0 Å². The maximum Gasteiger partial charge on any atom is 0.300 e. The van der Waals surface area contributed by atoms with Gasteiger partial charge in [-0.3, -0.25) is 20.0 Å². The topological polar surface area (TPSA) is 160 Å². The smallest absolute Gasteiger partial charge is 0.300 e. The summed E-state index contributed by atoms with van der Waals surface area (Å²) in [5.74, 6) is 0.0289. The van der Waals surface area contributed by atoms with Crippen molar-refractivity contribution in [1.82, 2.24) is 10.3 Å². The molecule has 4 rings (SSSR count). The third-order valence-corrected chi connectivity index (χ3v) is 5.74. The molecule has 0 fully saturated rings. The molecule has 10 heteroatoms. The van der Waals surface area contributed by atoms with Gasteiger partial charge < -0.3 is 30.9 Å². The number of nitrogens with zero attached hydrogens (tertiary/aromatic N) is 1. The number of amides is 1. The van der Waals surface area contributed by atoms with Crippen LogP contribution < -0.4 is 25.8 Å². The standard InChI is InChI=1S/C29H29N5O3.C2H4O2/c1-36-26-17-23(9-12-25(26)37-19-21-13-15-32-16-14-21)27(29(35)33-18-20-5-3-2-4-6-20)34-24-10-7-22(8-11-24)28(30)31;1-2(3)4/h2-17,27,34H,18-19H2,1H3,(H3,30,31)(H,33,35);1H3,(H,3,4). The molecule has 0 aliphatic heterocycles. The van der Waals surface area contributed by atoms with Gasteiger partial charge in [-0.2, -0.15) is 0 Å². The normalized spacial score (nSPS) is 10.8. The van der Waals surface area contributed by atoms with Gasteiger partial charge in [-0.15, -0.1) is 0 Å². The van der Waals surface area contributed by atoms with E-state index in [4.69, 9.17) is 30.5 Å². The maximum absolute atomic E-state index is 13.4. The van der Waals surface area contributed by atoms with Crippen LogP contribution in [-0.4, -0.2) is 34.9 Å². The number of hydrogen-bond acceptors (Lipinski definition) is 7. The number of pyridine rings is 1. The van der Waals surface area contributed by atoms with Crippen LogP contribution in [0.3, 0.4) is 0 Å². The molecule has 0 bridgehead atoms. The number of nitrogens with one attached hydrogen (secondary N) is 3. The van der Waals surface area contributed by atoms with Gasteiger partial charge in [-0.1, -0.05) is 36.4 Å². The van der Waals surface area contributed by atoms with Gasteiger partial charge in [-0.25, -0.2) is 0 Å². The fourth-order valence-corrected chi connectivity index (χ4v) is 3.72. The molecule has 1 amide bonds. The largest absolute Gasteiger partial charge is 0.493 e. The van der Waals surface area contributed by atoms with Gasteiger partial charge in [0.25, 0.3) is 5.97 Å². The van der Waals surface area contributed by atoms with Crippen molar-refractivity contribution >= 4 is 23.4 Å². The van der Waals surface area contributed by atoms with Crippen molar-refractivity contribution in [3.63, 3.8) is 0 Å². The number of carbonyl (C=O) groups excluding carboxylic acids is 1. The van der Waals surface area contributed by atoms with E-state index in [1.807, 2.05) is 48.5 Å². The number of carbonyl (C=O) groups is 2. The Balaban J connectivity index is 0.00000108. The monoisotopic (exact) mass is 555 g/mol. The average Bonchev–Trinajstić information content (AvgIpc) is 2.98. The Hall–Kier alpha value is -5.38. The van der Waals surface area contributed by atoms with Crippen LogP contribution in [0, 0.1) is 5.41 Å². The zero-order valence-electron chi connectivity index (χ0n) is 22.8. The number of nitrogen functional groups attached to an aromatic ring is 1. The van der Waals surface area contributed by atoms with E-state index in [0.29, 0.717) is 41.5 Å². The third kappa shape index (κ3) is 9.70. The van der Waals surface area contributed by atoms with E-state index in [1.165, 1.54) is 0 Å². The van der Waals surface area contributed by atoms with Gasteiger partial charge in [-0.05, 0) is 65.2 Å². The molecule has 212 valence electrons. The van der Waals surface area contributed by atoms with Gasteiger partial charge in [0, 0.05) is 37.1 Å². The Labute approximate surface area is 238 Å². The van der Waals surface area contributed by atoms with Crippen LogP contribution in [0.25, 0.3) is 0 Å². The van der Waals surface area contributed by atoms with Crippen LogP contribution in [-0.2, 0) is 22.7 Å². The number of carboxylic acid groups (broad SMARTS) is 1. The van der Waals surface area contributed by atoms with Crippen LogP contribution in [0.1, 0.15) is 35.2 Å². The summed E-state index contributed by atoms with van der Waals surface area (Å²) in [5.41, 5.74) is 9.57. The molecule has 1 atom stereocenters. The number of hydrogen-bond donors (Lipinski definition) is 5. The van der Waals surface area contributed by atoms with E-state index in [9.17, 15) is 4.79 Å². The number of aromatic nitrogens is 1. The van der Waals surface area contributed by atoms with Gasteiger partial charge in [0.1, 0.15) is 18.5 Å². The second-order valence-electron chi connectivity index (χ2n) is 8.85. The lowest BCUT2D eigenvalue weighted by Crippen LogP contribution is -2.33. The zero-order chi connectivity index (χ0) is 29.6. The fourth-order valence-electron chi connectivity index (χ4n) is 3.72. The van der Waals surface area contributed by atoms with Crippen LogP contribution in [0.2, 0.25) is 0 Å². The summed E-state index contributed by atoms with van der Waals surface area (Å²) in [7, 11) is 1.57. The molecule has 1 heterocycles. The number of amidine groups is 1. The van der Waals surface area contributed by atoms with Crippen molar-refractivity contribution in [2.45, 2.75) is 26.1 Å². The lowest BCUT2D eigenvalue weighted by Gasteiger charge is -2.22. The Morgan fingerprint density at radius 3 is 2.22 bits per heavy atom. The molecule has 6 N–H and O–H groups in total. The molecule has 0 aliphatic rings. The highest BCUT2D eigenvalue weighted by molar-refractivity contribution is 5.95. The summed E-state index contributed by atoms with van der Waals surface area (Å²) in [6.07, 6.45) is 3.43. The number of rotatable bonds is 11. The molecule has 0 aliphatic carbocycles. The Morgan fingerprint density at radius 1 is 0.951 bits per heavy atom. The first-order valence-corrected chi connectivity index (χ1v) is 12.7. The lowest BCUT2D eigenvalue weighted by atomic mass is 10.0. The summed E-state index contributed by atoms with van der Waals surface area (Å²) in [6.45, 7) is 1.84. The van der Waals surface area contributed by atoms with E-state index in [2.05, 4.69) is 15.6 Å². The highest BCUT2D eigenvalue weighted by Gasteiger charge is 2.22. The van der Waals surface area contributed by atoms with Crippen LogP contribution in [0.4, 0.5) is 5.69 Å². The molecular formula is C31H33N5O5. The van der Waals surface area contributed by atoms with E-state index >= 15 is 0 Å². The number of aliphatic carboxylic acids is 1. The number of benzene rings is 3. The first-order valence-electron chi connectivity index (χ1n) is 12.7. The average molecular weight is 556 g/mol. The summed E-state index contributed by atoms with van der Waals surface area (Å²) in [5, 5.41) is 21.3. The van der Waals surface area contributed by atoms with Crippen molar-refractivity contribution in [3.8, 4) is 11.5 Å². The zero-order valence-corrected chi connectivity index (χ0v) is 22.8. The maximum atomic E-state index is 13.4. The predicted octanol–water partition coefficient (Wildman–Crippen LogP) is 4.51. The predicted molar refractivity (Wildman–Crippen MR) is 157 cm³/mol. The minimum atomic E-state index is -0.833. The Morgan fingerprint density at radius 2 is 1.61 bits per heavy atom. The summed E-state index contributed by atoms with van der Waals surface area (Å²) < 4.78 is 11.6. The second-order valence-corrected chi connectivity index (χ2v) is 8.85. The molecule has 41 heavy (non-hydrogen) atoms. The molecule has 1 aromatic heterocycles. The first kappa shape index (κ1) is 30.2. The van der Waals surface area contributed by atoms with Gasteiger partial charge in [0.05, 0.1) is 7.11 Å². The number of anilines is 1. The van der Waals surface area contributed by atoms with E-state index in [0.717, 1.165) is 18.1 Å². The van der Waals surface area contributed by atoms with Gasteiger partial charge in [0.2, 0.25) is 5.91 Å². The quantitative estimate of drug-likeness (QED) is 0.133. The highest BCUT2D eigenvalue weighted by atomic mass is 16.5. The van der Waals surface area contributed by atoms with E-state index in [-0.39, 0.29) is 11.7 Å².